The summed E-state index contributed by atoms with van der Waals surface area (Å²) in [5, 5.41) is 10.8. The number of carbonyl (C=O) groups is 1. The maximum atomic E-state index is 12.0. The van der Waals surface area contributed by atoms with Crippen molar-refractivity contribution in [1.82, 2.24) is 20.3 Å². The molecule has 2 heterocycles. The lowest BCUT2D eigenvalue weighted by Crippen LogP contribution is -2.23. The van der Waals surface area contributed by atoms with E-state index in [-0.39, 0.29) is 5.91 Å². The largest absolute Gasteiger partial charge is 0.359 e. The quantitative estimate of drug-likeness (QED) is 0.904. The van der Waals surface area contributed by atoms with Crippen LogP contribution in [0.3, 0.4) is 0 Å². The average Bonchev–Trinajstić information content (AvgIpc) is 3.03. The molecule has 3 rings (SSSR count). The molecular weight excluding hydrogens is 244 g/mol. The number of rotatable bonds is 4. The number of carbonyl (C=O) groups excluding carboxylic acids is 1. The molecule has 0 aromatic carbocycles. The van der Waals surface area contributed by atoms with Crippen LogP contribution in [-0.2, 0) is 13.6 Å². The number of nitrogens with one attached hydrogen (secondary N) is 1. The van der Waals surface area contributed by atoms with E-state index in [1.165, 1.54) is 12.8 Å². The van der Waals surface area contributed by atoms with Crippen molar-refractivity contribution >= 4 is 5.91 Å². The second-order valence-electron chi connectivity index (χ2n) is 4.97. The summed E-state index contributed by atoms with van der Waals surface area (Å²) in [6, 6.07) is 3.67. The molecule has 1 N–H and O–H groups in total. The zero-order chi connectivity index (χ0) is 13.4. The van der Waals surface area contributed by atoms with Crippen molar-refractivity contribution in [2.24, 2.45) is 7.05 Å². The molecule has 2 aromatic heterocycles. The van der Waals surface area contributed by atoms with E-state index in [1.54, 1.807) is 10.7 Å². The van der Waals surface area contributed by atoms with Gasteiger partial charge in [-0.25, -0.2) is 0 Å². The second-order valence-corrected chi connectivity index (χ2v) is 4.97. The van der Waals surface area contributed by atoms with Crippen LogP contribution in [0.4, 0.5) is 0 Å². The standard InChI is InChI=1S/C13H16N4O2/c1-8-5-10(19-16-8)7-14-13(18)11-6-12(9-3-4-9)17(2)15-11/h5-6,9H,3-4,7H2,1-2H3,(H,14,18). The fourth-order valence-corrected chi connectivity index (χ4v) is 2.11. The van der Waals surface area contributed by atoms with Crippen LogP contribution < -0.4 is 5.32 Å². The number of hydrogen-bond donors (Lipinski definition) is 1. The Morgan fingerprint density at radius 3 is 2.95 bits per heavy atom. The van der Waals surface area contributed by atoms with E-state index >= 15 is 0 Å². The van der Waals surface area contributed by atoms with E-state index in [9.17, 15) is 4.79 Å². The zero-order valence-electron chi connectivity index (χ0n) is 11.0. The zero-order valence-corrected chi connectivity index (χ0v) is 11.0. The first-order valence-electron chi connectivity index (χ1n) is 6.38. The van der Waals surface area contributed by atoms with Crippen molar-refractivity contribution in [1.29, 1.82) is 0 Å². The molecule has 0 aliphatic heterocycles. The highest BCUT2D eigenvalue weighted by molar-refractivity contribution is 5.92. The van der Waals surface area contributed by atoms with Crippen LogP contribution >= 0.6 is 0 Å². The number of aryl methyl sites for hydroxylation is 2. The monoisotopic (exact) mass is 260 g/mol. The summed E-state index contributed by atoms with van der Waals surface area (Å²) in [6.45, 7) is 2.17. The minimum Gasteiger partial charge on any atom is -0.359 e. The third-order valence-corrected chi connectivity index (χ3v) is 3.24. The molecule has 19 heavy (non-hydrogen) atoms. The van der Waals surface area contributed by atoms with Gasteiger partial charge in [-0.3, -0.25) is 9.48 Å². The first-order chi connectivity index (χ1) is 9.13. The summed E-state index contributed by atoms with van der Waals surface area (Å²) in [5.41, 5.74) is 2.40. The summed E-state index contributed by atoms with van der Waals surface area (Å²) < 4.78 is 6.83. The lowest BCUT2D eigenvalue weighted by molar-refractivity contribution is 0.0941. The highest BCUT2D eigenvalue weighted by atomic mass is 16.5. The van der Waals surface area contributed by atoms with Gasteiger partial charge in [-0.2, -0.15) is 5.10 Å². The number of amides is 1. The molecule has 1 amide bonds. The van der Waals surface area contributed by atoms with Crippen LogP contribution in [-0.4, -0.2) is 20.8 Å². The molecule has 0 unspecified atom stereocenters. The predicted molar refractivity (Wildman–Crippen MR) is 67.6 cm³/mol. The molecule has 1 saturated carbocycles. The number of aromatic nitrogens is 3. The Morgan fingerprint density at radius 2 is 2.32 bits per heavy atom. The van der Waals surface area contributed by atoms with E-state index in [0.717, 1.165) is 11.4 Å². The second kappa shape index (κ2) is 4.53. The summed E-state index contributed by atoms with van der Waals surface area (Å²) in [4.78, 5) is 12.0. The maximum Gasteiger partial charge on any atom is 0.272 e. The molecule has 6 nitrogen and oxygen atoms in total. The van der Waals surface area contributed by atoms with Crippen molar-refractivity contribution in [3.63, 3.8) is 0 Å². The van der Waals surface area contributed by atoms with Crippen molar-refractivity contribution in [3.8, 4) is 0 Å². The maximum absolute atomic E-state index is 12.0. The summed E-state index contributed by atoms with van der Waals surface area (Å²) in [7, 11) is 1.88. The van der Waals surface area contributed by atoms with E-state index in [2.05, 4.69) is 15.6 Å². The fraction of sp³-hybridized carbons (Fsp3) is 0.462. The first kappa shape index (κ1) is 12.0. The number of hydrogen-bond acceptors (Lipinski definition) is 4. The summed E-state index contributed by atoms with van der Waals surface area (Å²) in [5.74, 6) is 1.04. The summed E-state index contributed by atoms with van der Waals surface area (Å²) >= 11 is 0. The van der Waals surface area contributed by atoms with E-state index in [4.69, 9.17) is 4.52 Å². The van der Waals surface area contributed by atoms with Crippen LogP contribution in [0.1, 0.15) is 46.4 Å². The third-order valence-electron chi connectivity index (χ3n) is 3.24. The van der Waals surface area contributed by atoms with Gasteiger partial charge in [0.05, 0.1) is 12.2 Å². The molecular formula is C13H16N4O2. The molecule has 1 fully saturated rings. The highest BCUT2D eigenvalue weighted by Crippen LogP contribution is 2.39. The highest BCUT2D eigenvalue weighted by Gasteiger charge is 2.28. The van der Waals surface area contributed by atoms with Crippen molar-refractivity contribution in [3.05, 3.63) is 35.0 Å². The minimum absolute atomic E-state index is 0.184. The molecule has 1 aliphatic rings. The van der Waals surface area contributed by atoms with Crippen molar-refractivity contribution in [2.75, 3.05) is 0 Å². The molecule has 6 heteroatoms. The predicted octanol–water partition coefficient (Wildman–Crippen LogP) is 1.52. The van der Waals surface area contributed by atoms with Gasteiger partial charge in [0.25, 0.3) is 5.91 Å². The fourth-order valence-electron chi connectivity index (χ4n) is 2.11. The van der Waals surface area contributed by atoms with Crippen molar-refractivity contribution < 1.29 is 9.32 Å². The van der Waals surface area contributed by atoms with E-state index in [0.29, 0.717) is 23.9 Å². The molecule has 100 valence electrons. The Balaban J connectivity index is 1.65. The Morgan fingerprint density at radius 1 is 1.53 bits per heavy atom. The minimum atomic E-state index is -0.184. The van der Waals surface area contributed by atoms with Crippen LogP contribution in [0.25, 0.3) is 0 Å². The summed E-state index contributed by atoms with van der Waals surface area (Å²) in [6.07, 6.45) is 2.38. The molecule has 1 aliphatic carbocycles. The lowest BCUT2D eigenvalue weighted by atomic mass is 10.2. The topological polar surface area (TPSA) is 73.0 Å². The average molecular weight is 260 g/mol. The Bertz CT molecular complexity index is 610. The molecule has 0 spiro atoms. The van der Waals surface area contributed by atoms with Crippen LogP contribution in [0, 0.1) is 6.92 Å². The van der Waals surface area contributed by atoms with E-state index < -0.39 is 0 Å². The van der Waals surface area contributed by atoms with Crippen molar-refractivity contribution in [2.45, 2.75) is 32.2 Å². The molecule has 2 aromatic rings. The van der Waals surface area contributed by atoms with Gasteiger partial charge in [-0.15, -0.1) is 0 Å². The SMILES string of the molecule is Cc1cc(CNC(=O)c2cc(C3CC3)n(C)n2)on1. The van der Waals surface area contributed by atoms with Gasteiger partial charge in [-0.05, 0) is 25.8 Å². The lowest BCUT2D eigenvalue weighted by Gasteiger charge is -1.98. The van der Waals surface area contributed by atoms with Gasteiger partial charge in [0.15, 0.2) is 5.76 Å². The third kappa shape index (κ3) is 2.52. The van der Waals surface area contributed by atoms with Crippen LogP contribution in [0.5, 0.6) is 0 Å². The van der Waals surface area contributed by atoms with Gasteiger partial charge in [0.1, 0.15) is 5.69 Å². The van der Waals surface area contributed by atoms with Gasteiger partial charge in [0.2, 0.25) is 0 Å². The molecule has 0 saturated heterocycles. The van der Waals surface area contributed by atoms with Crippen LogP contribution in [0.15, 0.2) is 16.7 Å². The normalized spacial score (nSPS) is 14.6. The Hall–Kier alpha value is -2.11. The van der Waals surface area contributed by atoms with Gasteiger partial charge in [0, 0.05) is 24.7 Å². The Labute approximate surface area is 110 Å². The Kier molecular flexibility index (Phi) is 2.85. The molecule has 0 radical (unpaired) electrons. The molecule has 0 atom stereocenters. The van der Waals surface area contributed by atoms with Gasteiger partial charge in [-0.1, -0.05) is 5.16 Å². The van der Waals surface area contributed by atoms with Crippen LogP contribution in [0.2, 0.25) is 0 Å². The van der Waals surface area contributed by atoms with Gasteiger partial charge < -0.3 is 9.84 Å². The van der Waals surface area contributed by atoms with E-state index in [1.807, 2.05) is 20.0 Å². The molecule has 0 bridgehead atoms. The van der Waals surface area contributed by atoms with Gasteiger partial charge >= 0.3 is 0 Å². The first-order valence-corrected chi connectivity index (χ1v) is 6.38. The number of nitrogens with zero attached hydrogens (tertiary/aromatic N) is 3. The smallest absolute Gasteiger partial charge is 0.272 e.